The van der Waals surface area contributed by atoms with Gasteiger partial charge in [-0.05, 0) is 18.1 Å². The molecule has 124 valence electrons. The van der Waals surface area contributed by atoms with Gasteiger partial charge in [-0.1, -0.05) is 23.4 Å². The molecule has 1 amide bonds. The molecule has 0 unspecified atom stereocenters. The maximum Gasteiger partial charge on any atom is 0.316 e. The molecule has 1 aromatic carbocycles. The highest BCUT2D eigenvalue weighted by Gasteiger charge is 2.16. The van der Waals surface area contributed by atoms with Gasteiger partial charge in [0.2, 0.25) is 5.82 Å². The van der Waals surface area contributed by atoms with Crippen LogP contribution in [0.5, 0.6) is 0 Å². The van der Waals surface area contributed by atoms with Crippen LogP contribution >= 0.6 is 0 Å². The molecule has 0 spiro atoms. The van der Waals surface area contributed by atoms with Crippen LogP contribution < -0.4 is 5.32 Å². The van der Waals surface area contributed by atoms with E-state index in [9.17, 15) is 4.79 Å². The summed E-state index contributed by atoms with van der Waals surface area (Å²) >= 11 is 0. The highest BCUT2D eigenvalue weighted by atomic mass is 16.5. The molecule has 0 fully saturated rings. The first-order chi connectivity index (χ1) is 12.3. The predicted octanol–water partition coefficient (Wildman–Crippen LogP) is 1.98. The Kier molecular flexibility index (Phi) is 3.91. The van der Waals surface area contributed by atoms with Gasteiger partial charge in [-0.2, -0.15) is 4.98 Å². The molecule has 2 N–H and O–H groups in total. The van der Waals surface area contributed by atoms with E-state index in [1.165, 1.54) is 12.4 Å². The molecule has 0 aliphatic rings. The first-order valence-corrected chi connectivity index (χ1v) is 7.74. The van der Waals surface area contributed by atoms with Crippen LogP contribution in [0.15, 0.2) is 53.6 Å². The van der Waals surface area contributed by atoms with Gasteiger partial charge < -0.3 is 14.8 Å². The van der Waals surface area contributed by atoms with Crippen molar-refractivity contribution in [1.29, 1.82) is 0 Å². The summed E-state index contributed by atoms with van der Waals surface area (Å²) in [6.07, 6.45) is 7.22. The third-order valence-electron chi connectivity index (χ3n) is 3.77. The maximum atomic E-state index is 12.1. The van der Waals surface area contributed by atoms with Crippen molar-refractivity contribution in [2.45, 2.75) is 6.42 Å². The zero-order chi connectivity index (χ0) is 17.1. The van der Waals surface area contributed by atoms with Crippen molar-refractivity contribution in [3.8, 4) is 11.5 Å². The summed E-state index contributed by atoms with van der Waals surface area (Å²) in [7, 11) is 0. The van der Waals surface area contributed by atoms with Crippen LogP contribution in [0.2, 0.25) is 0 Å². The average molecular weight is 334 g/mol. The fraction of sp³-hybridized carbons (Fsp3) is 0.118. The molecule has 8 nitrogen and oxygen atoms in total. The number of carbonyl (C=O) groups excluding carboxylic acids is 1. The van der Waals surface area contributed by atoms with Crippen molar-refractivity contribution in [2.75, 3.05) is 6.54 Å². The molecular weight excluding hydrogens is 320 g/mol. The number of hydrogen-bond acceptors (Lipinski definition) is 6. The number of amides is 1. The maximum absolute atomic E-state index is 12.1. The SMILES string of the molecule is O=C(NCCc1c[nH]c2ccccc12)c1nc(-c2cnccn2)no1. The van der Waals surface area contributed by atoms with Gasteiger partial charge >= 0.3 is 11.8 Å². The van der Waals surface area contributed by atoms with Gasteiger partial charge in [-0.15, -0.1) is 0 Å². The fourth-order valence-corrected chi connectivity index (χ4v) is 2.56. The lowest BCUT2D eigenvalue weighted by molar-refractivity contribution is 0.0910. The molecule has 0 aliphatic carbocycles. The molecule has 0 aliphatic heterocycles. The minimum absolute atomic E-state index is 0.0976. The second-order valence-corrected chi connectivity index (χ2v) is 5.38. The zero-order valence-electron chi connectivity index (χ0n) is 13.1. The lowest BCUT2D eigenvalue weighted by Crippen LogP contribution is -2.25. The van der Waals surface area contributed by atoms with Crippen LogP contribution in [0.4, 0.5) is 0 Å². The monoisotopic (exact) mass is 334 g/mol. The highest BCUT2D eigenvalue weighted by molar-refractivity contribution is 5.90. The van der Waals surface area contributed by atoms with Gasteiger partial charge in [0.25, 0.3) is 0 Å². The van der Waals surface area contributed by atoms with E-state index in [4.69, 9.17) is 4.52 Å². The highest BCUT2D eigenvalue weighted by Crippen LogP contribution is 2.17. The minimum Gasteiger partial charge on any atom is -0.361 e. The molecule has 0 saturated carbocycles. The van der Waals surface area contributed by atoms with E-state index in [1.807, 2.05) is 30.5 Å². The number of nitrogens with zero attached hydrogens (tertiary/aromatic N) is 4. The molecule has 4 rings (SSSR count). The standard InChI is InChI=1S/C17H14N6O2/c24-16(17-22-15(23-25-17)14-10-18-7-8-19-14)20-6-5-11-9-21-13-4-2-1-3-12(11)13/h1-4,7-10,21H,5-6H2,(H,20,24). The Morgan fingerprint density at radius 3 is 3.04 bits per heavy atom. The minimum atomic E-state index is -0.414. The number of para-hydroxylation sites is 1. The number of H-pyrrole nitrogens is 1. The van der Waals surface area contributed by atoms with Gasteiger partial charge in [0, 0.05) is 36.0 Å². The van der Waals surface area contributed by atoms with Gasteiger partial charge in [-0.3, -0.25) is 9.78 Å². The molecule has 25 heavy (non-hydrogen) atoms. The first kappa shape index (κ1) is 15.0. The summed E-state index contributed by atoms with van der Waals surface area (Å²) < 4.78 is 4.99. The number of fused-ring (bicyclic) bond motifs is 1. The predicted molar refractivity (Wildman–Crippen MR) is 89.7 cm³/mol. The van der Waals surface area contributed by atoms with Gasteiger partial charge in [0.05, 0.1) is 6.20 Å². The van der Waals surface area contributed by atoms with E-state index in [0.717, 1.165) is 16.5 Å². The van der Waals surface area contributed by atoms with E-state index in [2.05, 4.69) is 30.4 Å². The van der Waals surface area contributed by atoms with Gasteiger partial charge in [-0.25, -0.2) is 4.98 Å². The molecule has 3 heterocycles. The van der Waals surface area contributed by atoms with Crippen LogP contribution in [0.3, 0.4) is 0 Å². The lowest BCUT2D eigenvalue weighted by Gasteiger charge is -2.01. The number of aromatic amines is 1. The molecule has 0 bridgehead atoms. The van der Waals surface area contributed by atoms with E-state index in [0.29, 0.717) is 18.7 Å². The number of nitrogens with one attached hydrogen (secondary N) is 2. The summed E-state index contributed by atoms with van der Waals surface area (Å²) in [4.78, 5) is 27.4. The normalized spacial score (nSPS) is 10.9. The third kappa shape index (κ3) is 3.09. The Bertz CT molecular complexity index is 1010. The Hall–Kier alpha value is -3.55. The first-order valence-electron chi connectivity index (χ1n) is 7.74. The third-order valence-corrected chi connectivity index (χ3v) is 3.77. The number of carbonyl (C=O) groups is 1. The fourth-order valence-electron chi connectivity index (χ4n) is 2.56. The lowest BCUT2D eigenvalue weighted by atomic mass is 10.1. The molecular formula is C17H14N6O2. The molecule has 4 aromatic rings. The summed E-state index contributed by atoms with van der Waals surface area (Å²) in [5.41, 5.74) is 2.67. The van der Waals surface area contributed by atoms with Crippen LogP contribution in [0, 0.1) is 0 Å². The van der Waals surface area contributed by atoms with Crippen molar-refractivity contribution in [1.82, 2.24) is 30.4 Å². The van der Waals surface area contributed by atoms with Gasteiger partial charge in [0.15, 0.2) is 0 Å². The molecule has 3 aromatic heterocycles. The van der Waals surface area contributed by atoms with Crippen molar-refractivity contribution < 1.29 is 9.32 Å². The van der Waals surface area contributed by atoms with Crippen molar-refractivity contribution in [2.24, 2.45) is 0 Å². The number of rotatable bonds is 5. The average Bonchev–Trinajstić information content (AvgIpc) is 3.30. The largest absolute Gasteiger partial charge is 0.361 e. The van der Waals surface area contributed by atoms with Crippen molar-refractivity contribution in [3.05, 3.63) is 60.5 Å². The molecule has 0 radical (unpaired) electrons. The van der Waals surface area contributed by atoms with Gasteiger partial charge in [0.1, 0.15) is 5.69 Å². The summed E-state index contributed by atoms with van der Waals surface area (Å²) in [6, 6.07) is 8.04. The molecule has 8 heteroatoms. The number of aromatic nitrogens is 5. The zero-order valence-corrected chi connectivity index (χ0v) is 13.1. The van der Waals surface area contributed by atoms with Crippen LogP contribution in [-0.2, 0) is 6.42 Å². The second-order valence-electron chi connectivity index (χ2n) is 5.38. The van der Waals surface area contributed by atoms with E-state index >= 15 is 0 Å². The molecule has 0 saturated heterocycles. The number of hydrogen-bond donors (Lipinski definition) is 2. The Morgan fingerprint density at radius 2 is 2.16 bits per heavy atom. The summed E-state index contributed by atoms with van der Waals surface area (Å²) in [5, 5.41) is 7.69. The number of benzene rings is 1. The Balaban J connectivity index is 1.39. The van der Waals surface area contributed by atoms with Crippen LogP contribution in [0.25, 0.3) is 22.4 Å². The Morgan fingerprint density at radius 1 is 1.24 bits per heavy atom. The summed E-state index contributed by atoms with van der Waals surface area (Å²) in [6.45, 7) is 0.462. The van der Waals surface area contributed by atoms with Crippen LogP contribution in [0.1, 0.15) is 16.2 Å². The van der Waals surface area contributed by atoms with Crippen molar-refractivity contribution >= 4 is 16.8 Å². The van der Waals surface area contributed by atoms with E-state index < -0.39 is 5.91 Å². The summed E-state index contributed by atoms with van der Waals surface area (Å²) in [5.74, 6) is -0.281. The van der Waals surface area contributed by atoms with E-state index in [-0.39, 0.29) is 11.7 Å². The Labute approximate surface area is 142 Å². The molecule has 0 atom stereocenters. The van der Waals surface area contributed by atoms with Crippen LogP contribution in [-0.4, -0.2) is 37.5 Å². The van der Waals surface area contributed by atoms with E-state index in [1.54, 1.807) is 6.20 Å². The topological polar surface area (TPSA) is 110 Å². The smallest absolute Gasteiger partial charge is 0.316 e. The second kappa shape index (κ2) is 6.52. The van der Waals surface area contributed by atoms with Crippen molar-refractivity contribution in [3.63, 3.8) is 0 Å². The quantitative estimate of drug-likeness (QED) is 0.577.